The first kappa shape index (κ1) is 9.02. The molecule has 0 aliphatic heterocycles. The smallest absolute Gasteiger partial charge is 1.00 e. The molecule has 2 aromatic rings. The molecule has 0 atom stereocenters. The molecule has 11 heavy (non-hydrogen) atoms. The Hall–Kier alpha value is -0.0726. The summed E-state index contributed by atoms with van der Waals surface area (Å²) < 4.78 is 2.08. The minimum Gasteiger partial charge on any atom is -1.00 e. The largest absolute Gasteiger partial charge is 1.00 e. The fourth-order valence-electron chi connectivity index (χ4n) is 0.894. The van der Waals surface area contributed by atoms with Crippen LogP contribution in [0.2, 0.25) is 0 Å². The van der Waals surface area contributed by atoms with Crippen molar-refractivity contribution in [1.82, 2.24) is 4.98 Å². The van der Waals surface area contributed by atoms with Crippen molar-refractivity contribution in [3.8, 4) is 0 Å². The predicted molar refractivity (Wildman–Crippen MR) is 48.1 cm³/mol. The van der Waals surface area contributed by atoms with Crippen molar-refractivity contribution in [2.75, 3.05) is 0 Å². The molecular formula is C7H6LiNS2. The number of aromatic amines is 1. The van der Waals surface area contributed by atoms with E-state index < -0.39 is 0 Å². The molecular weight excluding hydrogens is 169 g/mol. The van der Waals surface area contributed by atoms with Crippen LogP contribution < -0.4 is 18.9 Å². The van der Waals surface area contributed by atoms with Crippen molar-refractivity contribution in [1.29, 1.82) is 0 Å². The third-order valence-electron chi connectivity index (χ3n) is 1.33. The topological polar surface area (TPSA) is 15.8 Å². The number of benzene rings is 1. The Labute approximate surface area is 87.1 Å². The number of nitrogens with one attached hydrogen (secondary N) is 1. The average Bonchev–Trinajstić information content (AvgIpc) is 2.27. The number of fused-ring (bicyclic) bond motifs is 1. The van der Waals surface area contributed by atoms with Gasteiger partial charge in [0.25, 0.3) is 0 Å². The van der Waals surface area contributed by atoms with Gasteiger partial charge in [0.1, 0.15) is 0 Å². The van der Waals surface area contributed by atoms with Crippen molar-refractivity contribution >= 4 is 33.8 Å². The van der Waals surface area contributed by atoms with Crippen LogP contribution in [0, 0.1) is 3.95 Å². The van der Waals surface area contributed by atoms with Gasteiger partial charge in [-0.25, -0.2) is 0 Å². The fraction of sp³-hybridized carbons (Fsp3) is 0. The van der Waals surface area contributed by atoms with Gasteiger partial charge in [-0.05, 0) is 24.4 Å². The predicted octanol–water partition coefficient (Wildman–Crippen LogP) is 0.0754. The van der Waals surface area contributed by atoms with Gasteiger partial charge in [-0.3, -0.25) is 0 Å². The summed E-state index contributed by atoms with van der Waals surface area (Å²) in [7, 11) is 0. The minimum atomic E-state index is 0. The maximum Gasteiger partial charge on any atom is 1.00 e. The molecule has 0 spiro atoms. The normalized spacial score (nSPS) is 9.45. The number of hydrogen-bond acceptors (Lipinski definition) is 2. The molecule has 0 amide bonds. The standard InChI is InChI=1S/C7H5NS2.Li.H/c9-7-8-5-3-1-2-4-6(5)10-7;;/h1-4H,(H,8,9);;/q;+1;-1. The van der Waals surface area contributed by atoms with E-state index in [1.165, 1.54) is 4.70 Å². The summed E-state index contributed by atoms with van der Waals surface area (Å²) in [5.74, 6) is 0. The van der Waals surface area contributed by atoms with E-state index in [0.717, 1.165) is 9.47 Å². The van der Waals surface area contributed by atoms with E-state index in [9.17, 15) is 0 Å². The van der Waals surface area contributed by atoms with E-state index >= 15 is 0 Å². The van der Waals surface area contributed by atoms with Crippen molar-refractivity contribution in [3.63, 3.8) is 0 Å². The van der Waals surface area contributed by atoms with Gasteiger partial charge >= 0.3 is 18.9 Å². The number of para-hydroxylation sites is 1. The van der Waals surface area contributed by atoms with Gasteiger partial charge in [-0.2, -0.15) is 0 Å². The second-order valence-electron chi connectivity index (χ2n) is 2.01. The van der Waals surface area contributed by atoms with Crippen LogP contribution in [0.4, 0.5) is 0 Å². The number of H-pyrrole nitrogens is 1. The van der Waals surface area contributed by atoms with Gasteiger partial charge in [0.15, 0.2) is 3.95 Å². The third-order valence-corrected chi connectivity index (χ3v) is 2.54. The minimum absolute atomic E-state index is 0. The molecule has 1 N–H and O–H groups in total. The summed E-state index contributed by atoms with van der Waals surface area (Å²) in [6.07, 6.45) is 0. The number of aromatic nitrogens is 1. The zero-order chi connectivity index (χ0) is 6.97. The average molecular weight is 175 g/mol. The van der Waals surface area contributed by atoms with Gasteiger partial charge in [0.05, 0.1) is 10.2 Å². The molecule has 4 heteroatoms. The van der Waals surface area contributed by atoms with Crippen molar-refractivity contribution in [2.24, 2.45) is 0 Å². The maximum absolute atomic E-state index is 4.98. The van der Waals surface area contributed by atoms with Crippen molar-refractivity contribution in [2.45, 2.75) is 0 Å². The first-order chi connectivity index (χ1) is 4.86. The van der Waals surface area contributed by atoms with Crippen LogP contribution in [0.1, 0.15) is 1.43 Å². The Kier molecular flexibility index (Phi) is 2.91. The van der Waals surface area contributed by atoms with Gasteiger partial charge in [-0.15, -0.1) is 11.3 Å². The Balaban J connectivity index is 0.000000605. The molecule has 0 saturated heterocycles. The molecule has 0 bridgehead atoms. The van der Waals surface area contributed by atoms with Crippen LogP contribution in [0.5, 0.6) is 0 Å². The zero-order valence-electron chi connectivity index (χ0n) is 7.13. The molecule has 0 unspecified atom stereocenters. The van der Waals surface area contributed by atoms with Gasteiger partial charge < -0.3 is 6.41 Å². The molecule has 1 nitrogen and oxygen atoms in total. The van der Waals surface area contributed by atoms with Crippen LogP contribution in [-0.2, 0) is 0 Å². The fourth-order valence-corrected chi connectivity index (χ4v) is 2.01. The second-order valence-corrected chi connectivity index (χ2v) is 3.73. The van der Waals surface area contributed by atoms with Crippen LogP contribution in [0.3, 0.4) is 0 Å². The van der Waals surface area contributed by atoms with Crippen LogP contribution in [0.15, 0.2) is 24.3 Å². The van der Waals surface area contributed by atoms with Gasteiger partial charge in [0.2, 0.25) is 0 Å². The van der Waals surface area contributed by atoms with Crippen molar-refractivity contribution in [3.05, 3.63) is 28.2 Å². The van der Waals surface area contributed by atoms with Crippen LogP contribution >= 0.6 is 23.6 Å². The Morgan fingerprint density at radius 2 is 2.09 bits per heavy atom. The quantitative estimate of drug-likeness (QED) is 0.443. The molecule has 0 fully saturated rings. The molecule has 0 aliphatic carbocycles. The third kappa shape index (κ3) is 1.74. The first-order valence-corrected chi connectivity index (χ1v) is 4.16. The van der Waals surface area contributed by atoms with E-state index in [2.05, 4.69) is 11.1 Å². The van der Waals surface area contributed by atoms with E-state index in [4.69, 9.17) is 12.2 Å². The molecule has 52 valence electrons. The van der Waals surface area contributed by atoms with E-state index in [1.807, 2.05) is 18.2 Å². The molecule has 0 saturated carbocycles. The molecule has 1 aromatic heterocycles. The van der Waals surface area contributed by atoms with Crippen molar-refractivity contribution < 1.29 is 20.3 Å². The molecule has 1 heterocycles. The summed E-state index contributed by atoms with van der Waals surface area (Å²) in [4.78, 5) is 3.09. The number of thiazole rings is 1. The molecule has 1 aromatic carbocycles. The summed E-state index contributed by atoms with van der Waals surface area (Å²) in [6, 6.07) is 8.11. The van der Waals surface area contributed by atoms with Crippen LogP contribution in [0.25, 0.3) is 10.2 Å². The summed E-state index contributed by atoms with van der Waals surface area (Å²) in [5, 5.41) is 0. The van der Waals surface area contributed by atoms with E-state index in [1.54, 1.807) is 11.3 Å². The monoisotopic (exact) mass is 175 g/mol. The zero-order valence-corrected chi connectivity index (χ0v) is 7.76. The second kappa shape index (κ2) is 3.55. The Morgan fingerprint density at radius 1 is 1.36 bits per heavy atom. The van der Waals surface area contributed by atoms with Crippen LogP contribution in [-0.4, -0.2) is 4.98 Å². The number of rotatable bonds is 0. The molecule has 0 radical (unpaired) electrons. The summed E-state index contributed by atoms with van der Waals surface area (Å²) in [6.45, 7) is 0. The maximum atomic E-state index is 4.98. The number of hydrogen-bond donors (Lipinski definition) is 1. The Morgan fingerprint density at radius 3 is 2.82 bits per heavy atom. The summed E-state index contributed by atoms with van der Waals surface area (Å²) >= 11 is 6.59. The van der Waals surface area contributed by atoms with Gasteiger partial charge in [-0.1, -0.05) is 12.1 Å². The molecule has 0 aliphatic rings. The van der Waals surface area contributed by atoms with Gasteiger partial charge in [0, 0.05) is 0 Å². The first-order valence-electron chi connectivity index (χ1n) is 2.94. The SMILES string of the molecule is S=c1[nH]c2ccccc2s1.[H-].[Li+]. The Bertz CT molecular complexity index is 373. The van der Waals surface area contributed by atoms with E-state index in [0.29, 0.717) is 0 Å². The molecule has 2 rings (SSSR count). The summed E-state index contributed by atoms with van der Waals surface area (Å²) in [5.41, 5.74) is 1.14. The van der Waals surface area contributed by atoms with E-state index in [-0.39, 0.29) is 20.3 Å².